The van der Waals surface area contributed by atoms with Crippen molar-refractivity contribution in [1.82, 2.24) is 4.90 Å². The van der Waals surface area contributed by atoms with Gasteiger partial charge in [0, 0.05) is 42.5 Å². The maximum atomic E-state index is 12.2. The van der Waals surface area contributed by atoms with Crippen molar-refractivity contribution in [2.75, 3.05) is 19.4 Å². The second-order valence-corrected chi connectivity index (χ2v) is 5.49. The average molecular weight is 327 g/mol. The lowest BCUT2D eigenvalue weighted by molar-refractivity contribution is -0.385. The van der Waals surface area contributed by atoms with Crippen molar-refractivity contribution in [3.63, 3.8) is 0 Å². The topological polar surface area (TPSA) is 92.6 Å². The van der Waals surface area contributed by atoms with Gasteiger partial charge < -0.3 is 10.2 Å². The molecule has 0 heterocycles. The Labute approximate surface area is 139 Å². The minimum Gasteiger partial charge on any atom is -0.345 e. The number of carbonyl (C=O) groups excluding carboxylic acids is 2. The van der Waals surface area contributed by atoms with Gasteiger partial charge in [0.15, 0.2) is 0 Å². The Kier molecular flexibility index (Phi) is 4.93. The summed E-state index contributed by atoms with van der Waals surface area (Å²) in [4.78, 5) is 35.9. The molecule has 7 heteroatoms. The minimum absolute atomic E-state index is 0.102. The van der Waals surface area contributed by atoms with Crippen molar-refractivity contribution in [2.24, 2.45) is 0 Å². The van der Waals surface area contributed by atoms with Gasteiger partial charge in [-0.25, -0.2) is 0 Å². The van der Waals surface area contributed by atoms with E-state index in [0.29, 0.717) is 16.8 Å². The molecule has 24 heavy (non-hydrogen) atoms. The highest BCUT2D eigenvalue weighted by molar-refractivity contribution is 6.05. The third-order valence-electron chi connectivity index (χ3n) is 3.46. The Hall–Kier alpha value is -3.22. The normalized spacial score (nSPS) is 10.1. The maximum Gasteiger partial charge on any atom is 0.273 e. The van der Waals surface area contributed by atoms with E-state index in [1.165, 1.54) is 23.1 Å². The molecule has 2 amide bonds. The SMILES string of the molecule is Cc1ccc(C(=O)Nc2ccc(C(=O)N(C)C)cc2)cc1[N+](=O)[O-]. The van der Waals surface area contributed by atoms with E-state index in [4.69, 9.17) is 0 Å². The highest BCUT2D eigenvalue weighted by Crippen LogP contribution is 2.20. The first kappa shape index (κ1) is 17.1. The first-order valence-corrected chi connectivity index (χ1v) is 7.17. The van der Waals surface area contributed by atoms with Crippen LogP contribution in [0.2, 0.25) is 0 Å². The summed E-state index contributed by atoms with van der Waals surface area (Å²) in [5.74, 6) is -0.591. The zero-order chi connectivity index (χ0) is 17.9. The van der Waals surface area contributed by atoms with Crippen LogP contribution in [0.1, 0.15) is 26.3 Å². The van der Waals surface area contributed by atoms with E-state index < -0.39 is 10.8 Å². The predicted molar refractivity (Wildman–Crippen MR) is 90.2 cm³/mol. The summed E-state index contributed by atoms with van der Waals surface area (Å²) in [6, 6.07) is 10.7. The Balaban J connectivity index is 2.17. The van der Waals surface area contributed by atoms with E-state index >= 15 is 0 Å². The van der Waals surface area contributed by atoms with Crippen LogP contribution in [0.25, 0.3) is 0 Å². The Bertz CT molecular complexity index is 798. The number of nitro benzene ring substituents is 1. The molecule has 0 saturated heterocycles. The molecule has 0 bridgehead atoms. The quantitative estimate of drug-likeness (QED) is 0.690. The molecule has 0 aliphatic rings. The molecule has 0 unspecified atom stereocenters. The zero-order valence-electron chi connectivity index (χ0n) is 13.6. The number of carbonyl (C=O) groups is 2. The van der Waals surface area contributed by atoms with Crippen LogP contribution in [0.4, 0.5) is 11.4 Å². The summed E-state index contributed by atoms with van der Waals surface area (Å²) in [5, 5.41) is 13.6. The third-order valence-corrected chi connectivity index (χ3v) is 3.46. The summed E-state index contributed by atoms with van der Waals surface area (Å²) in [6.07, 6.45) is 0. The predicted octanol–water partition coefficient (Wildman–Crippen LogP) is 2.86. The number of nitrogens with one attached hydrogen (secondary N) is 1. The van der Waals surface area contributed by atoms with Gasteiger partial charge in [-0.3, -0.25) is 19.7 Å². The van der Waals surface area contributed by atoms with Crippen LogP contribution in [-0.4, -0.2) is 35.7 Å². The van der Waals surface area contributed by atoms with Gasteiger partial charge in [0.2, 0.25) is 0 Å². The van der Waals surface area contributed by atoms with Gasteiger partial charge >= 0.3 is 0 Å². The molecule has 0 fully saturated rings. The highest BCUT2D eigenvalue weighted by atomic mass is 16.6. The summed E-state index contributed by atoms with van der Waals surface area (Å²) < 4.78 is 0. The molecule has 0 aromatic heterocycles. The minimum atomic E-state index is -0.520. The van der Waals surface area contributed by atoms with Crippen LogP contribution in [0, 0.1) is 17.0 Å². The molecule has 2 rings (SSSR count). The van der Waals surface area contributed by atoms with Crippen LogP contribution < -0.4 is 5.32 Å². The monoisotopic (exact) mass is 327 g/mol. The Morgan fingerprint density at radius 2 is 1.62 bits per heavy atom. The lowest BCUT2D eigenvalue weighted by Gasteiger charge is -2.11. The van der Waals surface area contributed by atoms with Crippen LogP contribution in [0.5, 0.6) is 0 Å². The molecule has 0 saturated carbocycles. The number of nitrogens with zero attached hydrogens (tertiary/aromatic N) is 2. The molecule has 7 nitrogen and oxygen atoms in total. The van der Waals surface area contributed by atoms with Crippen LogP contribution in [-0.2, 0) is 0 Å². The van der Waals surface area contributed by atoms with E-state index in [1.807, 2.05) is 0 Å². The summed E-state index contributed by atoms with van der Waals surface area (Å²) in [6.45, 7) is 1.61. The number of anilines is 1. The van der Waals surface area contributed by atoms with Crippen molar-refractivity contribution >= 4 is 23.2 Å². The van der Waals surface area contributed by atoms with Crippen molar-refractivity contribution in [2.45, 2.75) is 6.92 Å². The first-order valence-electron chi connectivity index (χ1n) is 7.17. The fourth-order valence-corrected chi connectivity index (χ4v) is 2.10. The van der Waals surface area contributed by atoms with Gasteiger partial charge in [-0.2, -0.15) is 0 Å². The number of benzene rings is 2. The van der Waals surface area contributed by atoms with E-state index in [1.54, 1.807) is 45.3 Å². The third kappa shape index (κ3) is 3.75. The molecule has 2 aromatic carbocycles. The standard InChI is InChI=1S/C17H17N3O4/c1-11-4-5-13(10-15(11)20(23)24)16(21)18-14-8-6-12(7-9-14)17(22)19(2)3/h4-10H,1-3H3,(H,18,21). The van der Waals surface area contributed by atoms with Gasteiger partial charge in [-0.15, -0.1) is 0 Å². The van der Waals surface area contributed by atoms with E-state index in [9.17, 15) is 19.7 Å². The molecular weight excluding hydrogens is 310 g/mol. The Morgan fingerprint density at radius 3 is 2.17 bits per heavy atom. The number of hydrogen-bond donors (Lipinski definition) is 1. The fourth-order valence-electron chi connectivity index (χ4n) is 2.10. The molecule has 124 valence electrons. The fraction of sp³-hybridized carbons (Fsp3) is 0.176. The second-order valence-electron chi connectivity index (χ2n) is 5.49. The molecule has 1 N–H and O–H groups in total. The van der Waals surface area contributed by atoms with Gasteiger partial charge in [0.25, 0.3) is 17.5 Å². The van der Waals surface area contributed by atoms with Gasteiger partial charge in [0.1, 0.15) is 0 Å². The molecule has 0 atom stereocenters. The summed E-state index contributed by atoms with van der Waals surface area (Å²) in [5.41, 5.74) is 1.58. The first-order chi connectivity index (χ1) is 11.3. The smallest absolute Gasteiger partial charge is 0.273 e. The number of nitro groups is 1. The van der Waals surface area contributed by atoms with Gasteiger partial charge in [0.05, 0.1) is 4.92 Å². The van der Waals surface area contributed by atoms with Crippen LogP contribution in [0.3, 0.4) is 0 Å². The van der Waals surface area contributed by atoms with Crippen molar-refractivity contribution in [3.8, 4) is 0 Å². The maximum absolute atomic E-state index is 12.2. The van der Waals surface area contributed by atoms with E-state index in [-0.39, 0.29) is 17.2 Å². The average Bonchev–Trinajstić information content (AvgIpc) is 2.54. The number of amides is 2. The summed E-state index contributed by atoms with van der Waals surface area (Å²) >= 11 is 0. The molecule has 0 aliphatic carbocycles. The van der Waals surface area contributed by atoms with E-state index in [0.717, 1.165) is 0 Å². The van der Waals surface area contributed by atoms with Crippen LogP contribution >= 0.6 is 0 Å². The Morgan fingerprint density at radius 1 is 1.04 bits per heavy atom. The lowest BCUT2D eigenvalue weighted by Crippen LogP contribution is -2.21. The molecule has 0 aliphatic heterocycles. The van der Waals surface area contributed by atoms with Gasteiger partial charge in [-0.05, 0) is 37.3 Å². The largest absolute Gasteiger partial charge is 0.345 e. The van der Waals surface area contributed by atoms with Crippen molar-refractivity contribution in [1.29, 1.82) is 0 Å². The number of rotatable bonds is 4. The molecule has 0 radical (unpaired) electrons. The second kappa shape index (κ2) is 6.91. The van der Waals surface area contributed by atoms with Crippen molar-refractivity contribution in [3.05, 3.63) is 69.3 Å². The molecular formula is C17H17N3O4. The molecule has 2 aromatic rings. The summed E-state index contributed by atoms with van der Waals surface area (Å²) in [7, 11) is 3.31. The zero-order valence-corrected chi connectivity index (χ0v) is 13.6. The number of aryl methyl sites for hydroxylation is 1. The van der Waals surface area contributed by atoms with Gasteiger partial charge in [-0.1, -0.05) is 6.07 Å². The highest BCUT2D eigenvalue weighted by Gasteiger charge is 2.15. The number of hydrogen-bond acceptors (Lipinski definition) is 4. The van der Waals surface area contributed by atoms with Crippen molar-refractivity contribution < 1.29 is 14.5 Å². The lowest BCUT2D eigenvalue weighted by atomic mass is 10.1. The van der Waals surface area contributed by atoms with E-state index in [2.05, 4.69) is 5.32 Å². The molecule has 0 spiro atoms. The van der Waals surface area contributed by atoms with Crippen LogP contribution in [0.15, 0.2) is 42.5 Å².